The second-order valence-electron chi connectivity index (χ2n) is 5.26. The Morgan fingerprint density at radius 2 is 1.94 bits per heavy atom. The van der Waals surface area contributed by atoms with Crippen molar-refractivity contribution >= 4 is 0 Å². The van der Waals surface area contributed by atoms with Crippen LogP contribution in [0.1, 0.15) is 17.5 Å². The van der Waals surface area contributed by atoms with Crippen LogP contribution in [0.25, 0.3) is 0 Å². The van der Waals surface area contributed by atoms with E-state index in [1.54, 1.807) is 7.11 Å². The summed E-state index contributed by atoms with van der Waals surface area (Å²) in [5.74, 6) is 2.23. The lowest BCUT2D eigenvalue weighted by molar-refractivity contribution is -0.138. The van der Waals surface area contributed by atoms with Gasteiger partial charge in [-0.1, -0.05) is 6.07 Å². The van der Waals surface area contributed by atoms with Crippen LogP contribution in [-0.4, -0.2) is 27.1 Å². The molecule has 0 aromatic heterocycles. The molecule has 2 aliphatic rings. The van der Waals surface area contributed by atoms with Crippen molar-refractivity contribution in [2.75, 3.05) is 27.1 Å². The molecule has 0 N–H and O–H groups in total. The van der Waals surface area contributed by atoms with Crippen molar-refractivity contribution in [3.05, 3.63) is 29.3 Å². The Balaban J connectivity index is 1.72. The predicted octanol–water partition coefficient (Wildman–Crippen LogP) is 2.42. The van der Waals surface area contributed by atoms with Gasteiger partial charge in [0.1, 0.15) is 12.5 Å². The van der Waals surface area contributed by atoms with E-state index in [1.807, 2.05) is 0 Å². The minimum absolute atomic E-state index is 0.469. The van der Waals surface area contributed by atoms with Crippen LogP contribution in [0.4, 0.5) is 0 Å². The van der Waals surface area contributed by atoms with Crippen molar-refractivity contribution in [3.63, 3.8) is 0 Å². The quantitative estimate of drug-likeness (QED) is 0.804. The number of hydrogen-bond donors (Lipinski definition) is 0. The SMILES string of the molecule is COc1ccc2c(c1)CCC(C1COCOC1)C2. The first kappa shape index (κ1) is 12.0. The molecule has 1 aliphatic carbocycles. The molecule has 3 nitrogen and oxygen atoms in total. The lowest BCUT2D eigenvalue weighted by atomic mass is 9.77. The van der Waals surface area contributed by atoms with Gasteiger partial charge in [0.2, 0.25) is 0 Å². The normalized spacial score (nSPS) is 24.6. The highest BCUT2D eigenvalue weighted by molar-refractivity contribution is 5.37. The van der Waals surface area contributed by atoms with E-state index in [0.717, 1.165) is 31.8 Å². The van der Waals surface area contributed by atoms with Gasteiger partial charge >= 0.3 is 0 Å². The van der Waals surface area contributed by atoms with Gasteiger partial charge < -0.3 is 14.2 Å². The number of aryl methyl sites for hydroxylation is 1. The fourth-order valence-electron chi connectivity index (χ4n) is 3.07. The minimum atomic E-state index is 0.469. The minimum Gasteiger partial charge on any atom is -0.497 e. The maximum Gasteiger partial charge on any atom is 0.146 e. The summed E-state index contributed by atoms with van der Waals surface area (Å²) in [4.78, 5) is 0. The molecule has 0 amide bonds. The molecule has 3 rings (SSSR count). The Morgan fingerprint density at radius 3 is 2.72 bits per heavy atom. The molecule has 1 saturated heterocycles. The lowest BCUT2D eigenvalue weighted by Crippen LogP contribution is -2.33. The Morgan fingerprint density at radius 1 is 1.11 bits per heavy atom. The smallest absolute Gasteiger partial charge is 0.146 e. The van der Waals surface area contributed by atoms with Crippen LogP contribution in [0, 0.1) is 11.8 Å². The average Bonchev–Trinajstić information content (AvgIpc) is 2.47. The molecule has 0 radical (unpaired) electrons. The summed E-state index contributed by atoms with van der Waals surface area (Å²) < 4.78 is 16.1. The first-order valence-electron chi connectivity index (χ1n) is 6.68. The molecule has 1 heterocycles. The molecule has 1 aliphatic heterocycles. The predicted molar refractivity (Wildman–Crippen MR) is 68.8 cm³/mol. The van der Waals surface area contributed by atoms with Crippen LogP contribution in [-0.2, 0) is 22.3 Å². The third-order valence-electron chi connectivity index (χ3n) is 4.18. The van der Waals surface area contributed by atoms with E-state index in [0.29, 0.717) is 18.6 Å². The van der Waals surface area contributed by atoms with E-state index in [9.17, 15) is 0 Å². The van der Waals surface area contributed by atoms with Gasteiger partial charge in [0.15, 0.2) is 0 Å². The lowest BCUT2D eigenvalue weighted by Gasteiger charge is -2.33. The maximum atomic E-state index is 5.42. The Bertz CT molecular complexity index is 410. The molecule has 0 saturated carbocycles. The van der Waals surface area contributed by atoms with Gasteiger partial charge in [-0.25, -0.2) is 0 Å². The molecule has 1 fully saturated rings. The monoisotopic (exact) mass is 248 g/mol. The highest BCUT2D eigenvalue weighted by Crippen LogP contribution is 2.33. The Hall–Kier alpha value is -1.06. The number of ether oxygens (including phenoxy) is 3. The van der Waals surface area contributed by atoms with Crippen LogP contribution in [0.15, 0.2) is 18.2 Å². The number of methoxy groups -OCH3 is 1. The Kier molecular flexibility index (Phi) is 3.52. The zero-order chi connectivity index (χ0) is 12.4. The van der Waals surface area contributed by atoms with Crippen molar-refractivity contribution in [3.8, 4) is 5.75 Å². The molecule has 0 spiro atoms. The van der Waals surface area contributed by atoms with E-state index in [4.69, 9.17) is 14.2 Å². The number of rotatable bonds is 2. The average molecular weight is 248 g/mol. The van der Waals surface area contributed by atoms with Gasteiger partial charge in [-0.3, -0.25) is 0 Å². The Labute approximate surface area is 108 Å². The third-order valence-corrected chi connectivity index (χ3v) is 4.18. The van der Waals surface area contributed by atoms with E-state index in [-0.39, 0.29) is 0 Å². The van der Waals surface area contributed by atoms with Gasteiger partial charge in [-0.15, -0.1) is 0 Å². The van der Waals surface area contributed by atoms with Crippen molar-refractivity contribution in [2.45, 2.75) is 19.3 Å². The molecular formula is C15H20O3. The molecule has 98 valence electrons. The molecule has 1 atom stereocenters. The summed E-state index contributed by atoms with van der Waals surface area (Å²) in [5, 5.41) is 0. The number of fused-ring (bicyclic) bond motifs is 1. The van der Waals surface area contributed by atoms with E-state index >= 15 is 0 Å². The molecule has 18 heavy (non-hydrogen) atoms. The summed E-state index contributed by atoms with van der Waals surface area (Å²) in [6.45, 7) is 2.18. The summed E-state index contributed by atoms with van der Waals surface area (Å²) >= 11 is 0. The van der Waals surface area contributed by atoms with Crippen molar-refractivity contribution in [1.29, 1.82) is 0 Å². The van der Waals surface area contributed by atoms with E-state index < -0.39 is 0 Å². The summed E-state index contributed by atoms with van der Waals surface area (Å²) in [7, 11) is 1.73. The molecule has 1 unspecified atom stereocenters. The maximum absolute atomic E-state index is 5.42. The molecule has 3 heteroatoms. The molecular weight excluding hydrogens is 228 g/mol. The van der Waals surface area contributed by atoms with Gasteiger partial charge in [0.25, 0.3) is 0 Å². The van der Waals surface area contributed by atoms with Crippen LogP contribution < -0.4 is 4.74 Å². The van der Waals surface area contributed by atoms with Crippen LogP contribution in [0.2, 0.25) is 0 Å². The van der Waals surface area contributed by atoms with Gasteiger partial charge in [-0.2, -0.15) is 0 Å². The molecule has 1 aromatic carbocycles. The molecule has 1 aromatic rings. The fourth-order valence-corrected chi connectivity index (χ4v) is 3.07. The summed E-state index contributed by atoms with van der Waals surface area (Å²) in [6, 6.07) is 6.46. The van der Waals surface area contributed by atoms with E-state index in [1.165, 1.54) is 17.5 Å². The summed E-state index contributed by atoms with van der Waals surface area (Å²) in [6.07, 6.45) is 3.53. The highest BCUT2D eigenvalue weighted by atomic mass is 16.7. The summed E-state index contributed by atoms with van der Waals surface area (Å²) in [5.41, 5.74) is 2.92. The topological polar surface area (TPSA) is 27.7 Å². The van der Waals surface area contributed by atoms with Crippen LogP contribution in [0.3, 0.4) is 0 Å². The van der Waals surface area contributed by atoms with Gasteiger partial charge in [-0.05, 0) is 48.4 Å². The van der Waals surface area contributed by atoms with Crippen molar-refractivity contribution in [1.82, 2.24) is 0 Å². The largest absolute Gasteiger partial charge is 0.497 e. The standard InChI is InChI=1S/C15H20O3/c1-16-15-5-4-11-6-12(2-3-13(11)7-15)14-8-17-10-18-9-14/h4-5,7,12,14H,2-3,6,8-10H2,1H3. The second kappa shape index (κ2) is 5.29. The van der Waals surface area contributed by atoms with E-state index in [2.05, 4.69) is 18.2 Å². The van der Waals surface area contributed by atoms with Gasteiger partial charge in [0.05, 0.1) is 20.3 Å². The fraction of sp³-hybridized carbons (Fsp3) is 0.600. The first-order chi connectivity index (χ1) is 8.86. The zero-order valence-corrected chi connectivity index (χ0v) is 10.9. The van der Waals surface area contributed by atoms with Crippen LogP contribution >= 0.6 is 0 Å². The number of benzene rings is 1. The highest BCUT2D eigenvalue weighted by Gasteiger charge is 2.28. The van der Waals surface area contributed by atoms with Crippen molar-refractivity contribution < 1.29 is 14.2 Å². The second-order valence-corrected chi connectivity index (χ2v) is 5.26. The zero-order valence-electron chi connectivity index (χ0n) is 10.9. The molecule has 0 bridgehead atoms. The number of hydrogen-bond acceptors (Lipinski definition) is 3. The van der Waals surface area contributed by atoms with Gasteiger partial charge in [0, 0.05) is 5.92 Å². The van der Waals surface area contributed by atoms with Crippen LogP contribution in [0.5, 0.6) is 5.75 Å². The van der Waals surface area contributed by atoms with Crippen molar-refractivity contribution in [2.24, 2.45) is 11.8 Å². The first-order valence-corrected chi connectivity index (χ1v) is 6.68. The third kappa shape index (κ3) is 2.38.